The molecule has 768 valence electrons. The van der Waals surface area contributed by atoms with E-state index in [0.29, 0.717) is 81.2 Å². The van der Waals surface area contributed by atoms with Gasteiger partial charge in [-0.25, -0.2) is 47.8 Å². The van der Waals surface area contributed by atoms with E-state index in [1.807, 2.05) is 111 Å². The molecule has 15 aromatic heterocycles. The molecule has 0 bridgehead atoms. The number of benzene rings is 5. The standard InChI is InChI=1S/3C27H33N2O.2C26H31N2O/c3*1-16(2)22-12-11-21-20-10-9-17(3)24(25(20)30-26(21)28-22)23-13-19(14-27(5,6)7)18(4)15-29(23)8;2*1-8-19-10-12-21-20-11-9-16(2)23(24(20)29-25(21)27-19)22-13-18(14-26(4,5)6)17(3)15-28(22)7/h3*9-13,15-16H,14H2,1-8H3;2*9-13,15H,8,14H2,1-7H3/q5*+1/i4D3,14D2;4D3;;3D3,14D2;3D3. The minimum atomic E-state index is -2.46. The maximum absolute atomic E-state index is 8.91. The van der Waals surface area contributed by atoms with Crippen molar-refractivity contribution >= 4 is 110 Å². The van der Waals surface area contributed by atoms with Gasteiger partial charge in [0, 0.05) is 162 Å². The Morgan fingerprint density at radius 2 is 0.459 bits per heavy atom. The third-order valence-electron chi connectivity index (χ3n) is 27.6. The first-order valence-electron chi connectivity index (χ1n) is 60.2. The highest BCUT2D eigenvalue weighted by Gasteiger charge is 2.33. The third-order valence-corrected chi connectivity index (χ3v) is 27.6. The van der Waals surface area contributed by atoms with Crippen molar-refractivity contribution in [3.8, 4) is 56.3 Å². The van der Waals surface area contributed by atoms with Gasteiger partial charge < -0.3 is 22.1 Å². The van der Waals surface area contributed by atoms with Gasteiger partial charge in [0.15, 0.2) is 58.9 Å². The van der Waals surface area contributed by atoms with E-state index in [0.717, 1.165) is 197 Å². The molecule has 0 aliphatic carbocycles. The fourth-order valence-electron chi connectivity index (χ4n) is 20.1. The molecule has 0 spiro atoms. The van der Waals surface area contributed by atoms with E-state index < -0.39 is 51.0 Å². The predicted molar refractivity (Wildman–Crippen MR) is 615 cm³/mol. The van der Waals surface area contributed by atoms with Gasteiger partial charge in [-0.2, -0.15) is 0 Å². The monoisotopic (exact) mass is 1990 g/mol. The molecular weight excluding hydrogens is 1820 g/mol. The molecule has 0 aliphatic heterocycles. The Hall–Kier alpha value is -13.4. The summed E-state index contributed by atoms with van der Waals surface area (Å²) in [4.78, 5) is 23.6. The number of fused-ring (bicyclic) bond motifs is 15. The van der Waals surface area contributed by atoms with Crippen LogP contribution in [0.3, 0.4) is 0 Å². The van der Waals surface area contributed by atoms with Gasteiger partial charge in [0.25, 0.3) is 0 Å². The molecule has 15 nitrogen and oxygen atoms in total. The Kier molecular flexibility index (Phi) is 24.6. The van der Waals surface area contributed by atoms with Gasteiger partial charge in [-0.05, 0) is 275 Å². The summed E-state index contributed by atoms with van der Waals surface area (Å²) in [5, 5.41) is 9.92. The lowest BCUT2D eigenvalue weighted by molar-refractivity contribution is -0.660. The SMILES string of the molecule is Cc1c[n+](C)c(-c2c(C)ccc3c2oc2nc(C(C)C)ccc23)cc1CC(C)(C)C.[2H]C([2H])([2H])c1c[n+](C)c(-c2c(C)ccc3c2oc2nc(C(C)C)ccc23)cc1C([2H])([2H])C(C)(C)C.[2H]C([2H])([2H])c1c[n+](C)c(-c2c(C)ccc3c2oc2nc(C(C)C)ccc23)cc1CC(C)(C)C.[2H]C([2H])([2H])c1c[n+](C)c(-c2c(C)ccc3c2oc2nc(CC)ccc23)cc1C([2H])([2H])C(C)(C)C.[2H]C([2H])([2H])c1c[n+](C)c(-c2c(C)ccc3c2oc2nc(CC)ccc23)cc1CC(C)(C)C. The largest absolute Gasteiger partial charge is 0.437 e. The fourth-order valence-corrected chi connectivity index (χ4v) is 20.1. The maximum atomic E-state index is 8.91. The molecule has 15 heterocycles. The van der Waals surface area contributed by atoms with Crippen LogP contribution in [0, 0.1) is 96.0 Å². The molecule has 0 N–H and O–H groups in total. The second-order valence-electron chi connectivity index (χ2n) is 47.5. The van der Waals surface area contributed by atoms with E-state index in [1.54, 1.807) is 89.3 Å². The van der Waals surface area contributed by atoms with E-state index in [-0.39, 0.29) is 44.4 Å². The van der Waals surface area contributed by atoms with Crippen LogP contribution in [0.2, 0.25) is 0 Å². The normalized spacial score (nSPS) is 14.5. The van der Waals surface area contributed by atoms with Crippen LogP contribution in [-0.4, -0.2) is 24.9 Å². The van der Waals surface area contributed by atoms with Gasteiger partial charge >= 0.3 is 0 Å². The highest BCUT2D eigenvalue weighted by Crippen LogP contribution is 2.46. The Balaban J connectivity index is 0.000000144. The molecule has 15 heteroatoms. The molecule has 0 radical (unpaired) electrons. The first kappa shape index (κ1) is 87.6. The van der Waals surface area contributed by atoms with E-state index in [1.165, 1.54) is 34.8 Å². The van der Waals surface area contributed by atoms with Crippen LogP contribution in [0.15, 0.2) is 205 Å². The number of aromatic nitrogens is 10. The molecule has 0 saturated heterocycles. The Bertz CT molecular complexity index is 9250. The Labute approximate surface area is 901 Å². The van der Waals surface area contributed by atoms with Crippen molar-refractivity contribution in [1.29, 1.82) is 0 Å². The number of aryl methyl sites for hydroxylation is 17. The molecular formula is C133H161N10O5+5. The zero-order valence-corrected chi connectivity index (χ0v) is 93.6. The predicted octanol–water partition coefficient (Wildman–Crippen LogP) is 32.9. The molecule has 0 atom stereocenters. The van der Waals surface area contributed by atoms with Crippen molar-refractivity contribution in [3.63, 3.8) is 0 Å². The van der Waals surface area contributed by atoms with Crippen LogP contribution in [0.5, 0.6) is 0 Å². The molecule has 0 fully saturated rings. The molecule has 0 unspecified atom stereocenters. The lowest BCUT2D eigenvalue weighted by atomic mass is 9.86. The number of hydrogen-bond acceptors (Lipinski definition) is 10. The van der Waals surface area contributed by atoms with Crippen molar-refractivity contribution < 1.29 is 66.9 Å². The summed E-state index contributed by atoms with van der Waals surface area (Å²) in [6.45, 7) is 50.4. The van der Waals surface area contributed by atoms with E-state index in [4.69, 9.17) is 59.0 Å². The minimum absolute atomic E-state index is 0.0151. The van der Waals surface area contributed by atoms with Gasteiger partial charge in [-0.3, -0.25) is 0 Å². The van der Waals surface area contributed by atoms with Gasteiger partial charge in [0.05, 0.1) is 27.8 Å². The summed E-state index contributed by atoms with van der Waals surface area (Å²) in [7, 11) is 9.51. The number of rotatable bonds is 15. The minimum Gasteiger partial charge on any atom is -0.437 e. The summed E-state index contributed by atoms with van der Waals surface area (Å²) < 4.78 is 174. The highest BCUT2D eigenvalue weighted by molar-refractivity contribution is 6.13. The van der Waals surface area contributed by atoms with Gasteiger partial charge in [-0.1, -0.05) is 220 Å². The molecule has 20 aromatic rings. The average Bonchev–Trinajstić information content (AvgIpc) is 1.53. The van der Waals surface area contributed by atoms with Crippen LogP contribution in [-0.2, 0) is 80.1 Å². The van der Waals surface area contributed by atoms with Crippen molar-refractivity contribution in [1.82, 2.24) is 24.9 Å². The molecule has 5 aromatic carbocycles. The van der Waals surface area contributed by atoms with Crippen molar-refractivity contribution in [2.75, 3.05) is 0 Å². The van der Waals surface area contributed by atoms with Crippen molar-refractivity contribution in [2.45, 2.75) is 291 Å². The van der Waals surface area contributed by atoms with Gasteiger partial charge in [-0.15, -0.1) is 0 Å². The third kappa shape index (κ3) is 22.8. The topological polar surface area (TPSA) is 150 Å². The van der Waals surface area contributed by atoms with Crippen LogP contribution >= 0.6 is 0 Å². The zero-order chi connectivity index (χ0) is 121. The Morgan fingerprint density at radius 3 is 0.676 bits per heavy atom. The summed E-state index contributed by atoms with van der Waals surface area (Å²) in [6.07, 6.45) is 9.11. The molecule has 20 rings (SSSR count). The molecule has 0 saturated carbocycles. The van der Waals surface area contributed by atoms with Gasteiger partial charge in [0.2, 0.25) is 57.0 Å². The first-order chi connectivity index (χ1) is 75.9. The number of hydrogen-bond donors (Lipinski definition) is 0. The van der Waals surface area contributed by atoms with Crippen LogP contribution in [0.4, 0.5) is 0 Å². The first-order valence-corrected chi connectivity index (χ1v) is 52.2. The second-order valence-corrected chi connectivity index (χ2v) is 47.5. The van der Waals surface area contributed by atoms with E-state index >= 15 is 0 Å². The summed E-state index contributed by atoms with van der Waals surface area (Å²) in [5.74, 6) is 0.953. The lowest BCUT2D eigenvalue weighted by Crippen LogP contribution is -2.32. The summed E-state index contributed by atoms with van der Waals surface area (Å²) in [5.41, 5.74) is 30.5. The average molecular weight is 2000 g/mol. The molecule has 0 amide bonds. The van der Waals surface area contributed by atoms with E-state index in [2.05, 4.69) is 239 Å². The quantitative estimate of drug-likeness (QED) is 0.0908. The maximum Gasteiger partial charge on any atom is 0.227 e. The summed E-state index contributed by atoms with van der Waals surface area (Å²) in [6, 6.07) is 51.2. The number of pyridine rings is 10. The highest BCUT2D eigenvalue weighted by atomic mass is 16.4. The molecule has 0 aliphatic rings. The fraction of sp³-hybridized carbons (Fsp3) is 0.398. The van der Waals surface area contributed by atoms with Crippen LogP contribution < -0.4 is 22.8 Å². The van der Waals surface area contributed by atoms with Gasteiger partial charge in [0.1, 0.15) is 35.2 Å². The number of furan rings is 5. The van der Waals surface area contributed by atoms with Crippen molar-refractivity contribution in [2.24, 2.45) is 62.3 Å². The van der Waals surface area contributed by atoms with Crippen LogP contribution in [0.1, 0.15) is 311 Å². The zero-order valence-electron chi connectivity index (χ0n) is 110. The molecule has 148 heavy (non-hydrogen) atoms. The summed E-state index contributed by atoms with van der Waals surface area (Å²) >= 11 is 0. The Morgan fingerprint density at radius 1 is 0.257 bits per heavy atom. The smallest absolute Gasteiger partial charge is 0.227 e. The number of nitrogens with zero attached hydrogens (tertiary/aromatic N) is 10. The van der Waals surface area contributed by atoms with E-state index in [9.17, 15) is 0 Å². The second kappa shape index (κ2) is 41.6. The lowest BCUT2D eigenvalue weighted by Gasteiger charge is -2.19. The van der Waals surface area contributed by atoms with Crippen LogP contribution in [0.25, 0.3) is 167 Å². The van der Waals surface area contributed by atoms with Crippen molar-refractivity contribution in [3.05, 3.63) is 295 Å².